The van der Waals surface area contributed by atoms with Crippen LogP contribution in [0.1, 0.15) is 37.7 Å². The Hall–Kier alpha value is -1.06. The molecule has 1 amide bonds. The number of carbonyl (C=O) groups excluding carboxylic acids is 1. The third-order valence-corrected chi connectivity index (χ3v) is 4.61. The first-order valence-corrected chi connectivity index (χ1v) is 7.38. The molecule has 2 fully saturated rings. The average molecular weight is 295 g/mol. The second kappa shape index (κ2) is 6.59. The predicted molar refractivity (Wildman–Crippen MR) is 83.0 cm³/mol. The fourth-order valence-corrected chi connectivity index (χ4v) is 3.20. The number of piperidine rings is 1. The Morgan fingerprint density at radius 2 is 1.80 bits per heavy atom. The molecule has 2 N–H and O–H groups in total. The van der Waals surface area contributed by atoms with E-state index in [1.807, 2.05) is 6.07 Å². The van der Waals surface area contributed by atoms with Crippen LogP contribution in [0.3, 0.4) is 0 Å². The molecule has 1 heterocycles. The molecule has 3 rings (SSSR count). The molecule has 20 heavy (non-hydrogen) atoms. The third-order valence-electron chi connectivity index (χ3n) is 4.61. The number of hydrogen-bond acceptors (Lipinski definition) is 2. The largest absolute Gasteiger partial charge is 0.346 e. The molecule has 0 unspecified atom stereocenters. The van der Waals surface area contributed by atoms with Crippen LogP contribution in [-0.2, 0) is 10.3 Å². The zero-order chi connectivity index (χ0) is 13.1. The predicted octanol–water partition coefficient (Wildman–Crippen LogP) is 2.60. The maximum atomic E-state index is 12.4. The van der Waals surface area contributed by atoms with E-state index in [-0.39, 0.29) is 29.8 Å². The lowest BCUT2D eigenvalue weighted by molar-refractivity contribution is -0.129. The molecule has 2 aliphatic rings. The van der Waals surface area contributed by atoms with Crippen molar-refractivity contribution in [1.82, 2.24) is 10.6 Å². The van der Waals surface area contributed by atoms with Gasteiger partial charge in [-0.1, -0.05) is 30.3 Å². The van der Waals surface area contributed by atoms with Crippen LogP contribution in [0.25, 0.3) is 0 Å². The maximum Gasteiger partial charge on any atom is 0.223 e. The van der Waals surface area contributed by atoms with Crippen molar-refractivity contribution < 1.29 is 4.79 Å². The van der Waals surface area contributed by atoms with Crippen molar-refractivity contribution in [3.05, 3.63) is 35.9 Å². The molecule has 1 aromatic carbocycles. The second-order valence-corrected chi connectivity index (χ2v) is 5.82. The van der Waals surface area contributed by atoms with E-state index in [1.54, 1.807) is 0 Å². The summed E-state index contributed by atoms with van der Waals surface area (Å²) in [6.07, 6.45) is 5.30. The quantitative estimate of drug-likeness (QED) is 0.900. The van der Waals surface area contributed by atoms with Gasteiger partial charge in [-0.15, -0.1) is 12.4 Å². The van der Waals surface area contributed by atoms with Crippen molar-refractivity contribution in [2.75, 3.05) is 13.1 Å². The number of hydrogen-bond donors (Lipinski definition) is 2. The van der Waals surface area contributed by atoms with Gasteiger partial charge in [-0.05, 0) is 50.8 Å². The van der Waals surface area contributed by atoms with E-state index >= 15 is 0 Å². The van der Waals surface area contributed by atoms with Gasteiger partial charge in [-0.25, -0.2) is 0 Å². The molecule has 0 aromatic heterocycles. The van der Waals surface area contributed by atoms with Crippen LogP contribution in [0, 0.1) is 5.92 Å². The molecule has 1 aliphatic carbocycles. The Balaban J connectivity index is 0.00000147. The van der Waals surface area contributed by atoms with Crippen molar-refractivity contribution >= 4 is 18.3 Å². The molecule has 0 radical (unpaired) electrons. The highest BCUT2D eigenvalue weighted by atomic mass is 35.5. The first-order valence-electron chi connectivity index (χ1n) is 7.38. The molecule has 0 bridgehead atoms. The Bertz CT molecular complexity index is 439. The summed E-state index contributed by atoms with van der Waals surface area (Å²) in [5.74, 6) is 0.451. The maximum absolute atomic E-state index is 12.4. The molecule has 1 aromatic rings. The standard InChI is InChI=1S/C16H22N2O.ClH/c19-15(13-7-11-17-12-8-13)18-16(9-4-10-16)14-5-2-1-3-6-14;/h1-3,5-6,13,17H,4,7-12H2,(H,18,19);1H. The second-order valence-electron chi connectivity index (χ2n) is 5.82. The Labute approximate surface area is 126 Å². The van der Waals surface area contributed by atoms with E-state index in [1.165, 1.54) is 12.0 Å². The fourth-order valence-electron chi connectivity index (χ4n) is 3.20. The third kappa shape index (κ3) is 2.99. The number of benzene rings is 1. The van der Waals surface area contributed by atoms with Crippen LogP contribution >= 0.6 is 12.4 Å². The summed E-state index contributed by atoms with van der Waals surface area (Å²) in [5.41, 5.74) is 1.19. The molecule has 1 saturated carbocycles. The first-order chi connectivity index (χ1) is 9.30. The summed E-state index contributed by atoms with van der Waals surface area (Å²) in [6.45, 7) is 1.94. The lowest BCUT2D eigenvalue weighted by atomic mass is 9.71. The number of nitrogens with one attached hydrogen (secondary N) is 2. The summed E-state index contributed by atoms with van der Waals surface area (Å²) in [5, 5.41) is 6.66. The van der Waals surface area contributed by atoms with Crippen molar-refractivity contribution in [3.63, 3.8) is 0 Å². The van der Waals surface area contributed by atoms with Crippen LogP contribution in [0.2, 0.25) is 0 Å². The van der Waals surface area contributed by atoms with Crippen LogP contribution in [-0.4, -0.2) is 19.0 Å². The van der Waals surface area contributed by atoms with Crippen LogP contribution in [0.5, 0.6) is 0 Å². The van der Waals surface area contributed by atoms with Gasteiger partial charge in [0.1, 0.15) is 0 Å². The van der Waals surface area contributed by atoms with Crippen molar-refractivity contribution in [2.24, 2.45) is 5.92 Å². The van der Waals surface area contributed by atoms with Crippen LogP contribution < -0.4 is 10.6 Å². The Kier molecular flexibility index (Phi) is 5.06. The minimum atomic E-state index is -0.0801. The van der Waals surface area contributed by atoms with Gasteiger partial charge >= 0.3 is 0 Å². The van der Waals surface area contributed by atoms with E-state index in [4.69, 9.17) is 0 Å². The normalized spacial score (nSPS) is 21.4. The highest BCUT2D eigenvalue weighted by Gasteiger charge is 2.41. The first kappa shape index (κ1) is 15.3. The van der Waals surface area contributed by atoms with E-state index in [0.717, 1.165) is 38.8 Å². The topological polar surface area (TPSA) is 41.1 Å². The number of amides is 1. The number of carbonyl (C=O) groups is 1. The molecular formula is C16H23ClN2O. The van der Waals surface area contributed by atoms with Gasteiger partial charge < -0.3 is 10.6 Å². The van der Waals surface area contributed by atoms with Gasteiger partial charge in [0.05, 0.1) is 5.54 Å². The summed E-state index contributed by atoms with van der Waals surface area (Å²) in [7, 11) is 0. The SMILES string of the molecule is Cl.O=C(NC1(c2ccccc2)CCC1)C1CCNCC1. The zero-order valence-corrected chi connectivity index (χ0v) is 12.5. The van der Waals surface area contributed by atoms with Crippen molar-refractivity contribution in [1.29, 1.82) is 0 Å². The molecular weight excluding hydrogens is 272 g/mol. The minimum absolute atomic E-state index is 0. The highest BCUT2D eigenvalue weighted by molar-refractivity contribution is 5.85. The minimum Gasteiger partial charge on any atom is -0.346 e. The number of rotatable bonds is 3. The summed E-state index contributed by atoms with van der Waals surface area (Å²) >= 11 is 0. The lowest BCUT2D eigenvalue weighted by Crippen LogP contribution is -2.53. The van der Waals surface area contributed by atoms with Crippen LogP contribution in [0.4, 0.5) is 0 Å². The lowest BCUT2D eigenvalue weighted by Gasteiger charge is -2.44. The molecule has 4 heteroatoms. The highest BCUT2D eigenvalue weighted by Crippen LogP contribution is 2.41. The van der Waals surface area contributed by atoms with E-state index in [2.05, 4.69) is 34.9 Å². The monoisotopic (exact) mass is 294 g/mol. The summed E-state index contributed by atoms with van der Waals surface area (Å²) in [6, 6.07) is 10.4. The van der Waals surface area contributed by atoms with E-state index < -0.39 is 0 Å². The molecule has 3 nitrogen and oxygen atoms in total. The van der Waals surface area contributed by atoms with Gasteiger partial charge in [0, 0.05) is 5.92 Å². The molecule has 0 atom stereocenters. The van der Waals surface area contributed by atoms with Crippen molar-refractivity contribution in [2.45, 2.75) is 37.6 Å². The molecule has 1 saturated heterocycles. The fraction of sp³-hybridized carbons (Fsp3) is 0.562. The van der Waals surface area contributed by atoms with Gasteiger partial charge in [0.25, 0.3) is 0 Å². The Morgan fingerprint density at radius 1 is 1.15 bits per heavy atom. The van der Waals surface area contributed by atoms with Crippen LogP contribution in [0.15, 0.2) is 30.3 Å². The smallest absolute Gasteiger partial charge is 0.223 e. The van der Waals surface area contributed by atoms with Gasteiger partial charge in [-0.2, -0.15) is 0 Å². The zero-order valence-electron chi connectivity index (χ0n) is 11.7. The number of halogens is 1. The van der Waals surface area contributed by atoms with Gasteiger partial charge in [0.2, 0.25) is 5.91 Å². The van der Waals surface area contributed by atoms with Gasteiger partial charge in [-0.3, -0.25) is 4.79 Å². The summed E-state index contributed by atoms with van der Waals surface area (Å²) < 4.78 is 0. The summed E-state index contributed by atoms with van der Waals surface area (Å²) in [4.78, 5) is 12.4. The van der Waals surface area contributed by atoms with E-state index in [0.29, 0.717) is 0 Å². The molecule has 1 aliphatic heterocycles. The van der Waals surface area contributed by atoms with E-state index in [9.17, 15) is 4.79 Å². The molecule has 110 valence electrons. The van der Waals surface area contributed by atoms with Gasteiger partial charge in [0.15, 0.2) is 0 Å². The average Bonchev–Trinajstić information content (AvgIpc) is 2.44. The Morgan fingerprint density at radius 3 is 2.35 bits per heavy atom. The van der Waals surface area contributed by atoms with Crippen molar-refractivity contribution in [3.8, 4) is 0 Å². The molecule has 0 spiro atoms.